The maximum atomic E-state index is 14.0. The zero-order chi connectivity index (χ0) is 27.6. The van der Waals surface area contributed by atoms with Crippen molar-refractivity contribution >= 4 is 23.9 Å². The number of aryl methyl sites for hydroxylation is 2. The summed E-state index contributed by atoms with van der Waals surface area (Å²) < 4.78 is 10.1. The molecule has 0 aliphatic carbocycles. The first-order valence-corrected chi connectivity index (χ1v) is 12.5. The van der Waals surface area contributed by atoms with Crippen molar-refractivity contribution in [3.63, 3.8) is 0 Å². The number of amides is 3. The molecule has 9 heteroatoms. The second-order valence-corrected chi connectivity index (χ2v) is 10.1. The third-order valence-electron chi connectivity index (χ3n) is 5.82. The van der Waals surface area contributed by atoms with Crippen LogP contribution in [0, 0.1) is 19.8 Å². The molecule has 3 atom stereocenters. The van der Waals surface area contributed by atoms with Gasteiger partial charge in [-0.1, -0.05) is 51.0 Å². The van der Waals surface area contributed by atoms with Crippen LogP contribution < -0.4 is 10.6 Å². The van der Waals surface area contributed by atoms with Gasteiger partial charge in [-0.3, -0.25) is 14.4 Å². The summed E-state index contributed by atoms with van der Waals surface area (Å²) in [5.74, 6) is -1.71. The monoisotopic (exact) mass is 505 g/mol. The van der Waals surface area contributed by atoms with Crippen LogP contribution in [-0.4, -0.2) is 60.6 Å². The Balaban J connectivity index is 3.53. The Morgan fingerprint density at radius 1 is 1.08 bits per heavy atom. The Morgan fingerprint density at radius 3 is 2.25 bits per heavy atom. The number of alkyl carbamates (subject to hydrolysis) is 1. The molecule has 9 nitrogen and oxygen atoms in total. The van der Waals surface area contributed by atoms with E-state index in [0.717, 1.165) is 11.1 Å². The van der Waals surface area contributed by atoms with Crippen LogP contribution in [-0.2, 0) is 23.9 Å². The van der Waals surface area contributed by atoms with E-state index in [1.807, 2.05) is 52.8 Å². The van der Waals surface area contributed by atoms with Crippen molar-refractivity contribution in [2.75, 3.05) is 20.2 Å². The number of benzene rings is 1. The number of methoxy groups -OCH3 is 1. The van der Waals surface area contributed by atoms with Crippen molar-refractivity contribution in [1.29, 1.82) is 0 Å². The van der Waals surface area contributed by atoms with Crippen LogP contribution in [0.15, 0.2) is 18.2 Å². The van der Waals surface area contributed by atoms with Crippen LogP contribution in [0.2, 0.25) is 0 Å². The second kappa shape index (κ2) is 13.8. The van der Waals surface area contributed by atoms with E-state index >= 15 is 0 Å². The summed E-state index contributed by atoms with van der Waals surface area (Å²) in [6, 6.07) is 3.78. The minimum atomic E-state index is -1.01. The molecule has 0 fully saturated rings. The average Bonchev–Trinajstić information content (AvgIpc) is 2.80. The second-order valence-electron chi connectivity index (χ2n) is 10.1. The van der Waals surface area contributed by atoms with E-state index in [9.17, 15) is 19.2 Å². The van der Waals surface area contributed by atoms with Crippen LogP contribution in [0.3, 0.4) is 0 Å². The van der Waals surface area contributed by atoms with E-state index in [2.05, 4.69) is 15.4 Å². The molecule has 0 spiro atoms. The maximum absolute atomic E-state index is 14.0. The van der Waals surface area contributed by atoms with E-state index in [0.29, 0.717) is 18.4 Å². The third kappa shape index (κ3) is 9.17. The molecule has 0 saturated carbocycles. The summed E-state index contributed by atoms with van der Waals surface area (Å²) in [4.78, 5) is 53.4. The van der Waals surface area contributed by atoms with Crippen molar-refractivity contribution in [3.05, 3.63) is 34.9 Å². The highest BCUT2D eigenvalue weighted by Gasteiger charge is 2.38. The lowest BCUT2D eigenvalue weighted by Crippen LogP contribution is -2.55. The average molecular weight is 506 g/mol. The largest absolute Gasteiger partial charge is 0.468 e. The Bertz CT molecular complexity index is 925. The molecule has 1 aromatic rings. The molecule has 1 aromatic carbocycles. The topological polar surface area (TPSA) is 114 Å². The van der Waals surface area contributed by atoms with Gasteiger partial charge in [-0.2, -0.15) is 0 Å². The highest BCUT2D eigenvalue weighted by atomic mass is 16.6. The molecule has 0 saturated heterocycles. The molecule has 0 heterocycles. The first kappa shape index (κ1) is 30.9. The van der Waals surface area contributed by atoms with Gasteiger partial charge in [0.1, 0.15) is 24.2 Å². The number of carbonyl (C=O) groups excluding carboxylic acids is 4. The number of ether oxygens (including phenoxy) is 2. The standard InChI is InChI=1S/C27H43N3O6/c1-10-14-30(25(33)22(18(4)11-2)29-26(34)36-27(6,7)8)23(24(32)28-16-21(31)35-9)20-15-17(3)12-13-19(20)5/h12-13,15,18,22-23H,10-11,14,16H2,1-9H3,(H,28,32)(H,29,34). The number of nitrogens with zero attached hydrogens (tertiary/aromatic N) is 1. The van der Waals surface area contributed by atoms with Gasteiger partial charge in [0.2, 0.25) is 11.8 Å². The van der Waals surface area contributed by atoms with Crippen molar-refractivity contribution < 1.29 is 28.7 Å². The molecule has 3 amide bonds. The van der Waals surface area contributed by atoms with Gasteiger partial charge < -0.3 is 25.0 Å². The summed E-state index contributed by atoms with van der Waals surface area (Å²) in [5, 5.41) is 5.34. The Kier molecular flexibility index (Phi) is 11.9. The predicted molar refractivity (Wildman–Crippen MR) is 138 cm³/mol. The normalized spacial score (nSPS) is 13.7. The molecule has 3 unspecified atom stereocenters. The van der Waals surface area contributed by atoms with Crippen LogP contribution in [0.25, 0.3) is 0 Å². The smallest absolute Gasteiger partial charge is 0.408 e. The predicted octanol–water partition coefficient (Wildman–Crippen LogP) is 3.81. The molecule has 0 aliphatic heterocycles. The molecule has 202 valence electrons. The quantitative estimate of drug-likeness (QED) is 0.442. The summed E-state index contributed by atoms with van der Waals surface area (Å²) in [5.41, 5.74) is 1.67. The molecule has 2 N–H and O–H groups in total. The fourth-order valence-electron chi connectivity index (χ4n) is 3.74. The maximum Gasteiger partial charge on any atom is 0.408 e. The Hall–Kier alpha value is -3.10. The SMILES string of the molecule is CCCN(C(=O)C(NC(=O)OC(C)(C)C)C(C)CC)C(C(=O)NCC(=O)OC)c1cc(C)ccc1C. The van der Waals surface area contributed by atoms with Crippen molar-refractivity contribution in [3.8, 4) is 0 Å². The van der Waals surface area contributed by atoms with Gasteiger partial charge in [0, 0.05) is 6.54 Å². The van der Waals surface area contributed by atoms with Crippen LogP contribution >= 0.6 is 0 Å². The summed E-state index contributed by atoms with van der Waals surface area (Å²) in [6.07, 6.45) is 0.502. The summed E-state index contributed by atoms with van der Waals surface area (Å²) >= 11 is 0. The number of nitrogens with one attached hydrogen (secondary N) is 2. The zero-order valence-corrected chi connectivity index (χ0v) is 23.2. The van der Waals surface area contributed by atoms with Gasteiger partial charge in [-0.25, -0.2) is 4.79 Å². The van der Waals surface area contributed by atoms with Crippen LogP contribution in [0.5, 0.6) is 0 Å². The van der Waals surface area contributed by atoms with Gasteiger partial charge in [0.15, 0.2) is 0 Å². The molecule has 0 bridgehead atoms. The lowest BCUT2D eigenvalue weighted by molar-refractivity contribution is -0.145. The first-order valence-electron chi connectivity index (χ1n) is 12.5. The molecule has 36 heavy (non-hydrogen) atoms. The van der Waals surface area contributed by atoms with Crippen molar-refractivity contribution in [1.82, 2.24) is 15.5 Å². The Morgan fingerprint density at radius 2 is 1.72 bits per heavy atom. The van der Waals surface area contributed by atoms with Crippen LogP contribution in [0.1, 0.15) is 77.1 Å². The molecular weight excluding hydrogens is 462 g/mol. The minimum absolute atomic E-state index is 0.221. The number of hydrogen-bond acceptors (Lipinski definition) is 6. The molecule has 0 aromatic heterocycles. The summed E-state index contributed by atoms with van der Waals surface area (Å²) in [6.45, 7) is 14.7. The number of carbonyl (C=O) groups is 4. The van der Waals surface area contributed by atoms with E-state index in [-0.39, 0.29) is 19.0 Å². The highest BCUT2D eigenvalue weighted by molar-refractivity contribution is 5.93. The van der Waals surface area contributed by atoms with E-state index in [1.165, 1.54) is 12.0 Å². The van der Waals surface area contributed by atoms with E-state index < -0.39 is 41.6 Å². The van der Waals surface area contributed by atoms with Crippen LogP contribution in [0.4, 0.5) is 4.79 Å². The van der Waals surface area contributed by atoms with Crippen molar-refractivity contribution in [2.24, 2.45) is 5.92 Å². The molecular formula is C27H43N3O6. The number of rotatable bonds is 11. The van der Waals surface area contributed by atoms with Gasteiger partial charge in [0.25, 0.3) is 0 Å². The van der Waals surface area contributed by atoms with Gasteiger partial charge in [-0.15, -0.1) is 0 Å². The molecule has 0 radical (unpaired) electrons. The van der Waals surface area contributed by atoms with E-state index in [4.69, 9.17) is 4.74 Å². The zero-order valence-electron chi connectivity index (χ0n) is 23.2. The lowest BCUT2D eigenvalue weighted by Gasteiger charge is -2.36. The third-order valence-corrected chi connectivity index (χ3v) is 5.82. The minimum Gasteiger partial charge on any atom is -0.468 e. The van der Waals surface area contributed by atoms with Gasteiger partial charge >= 0.3 is 12.1 Å². The van der Waals surface area contributed by atoms with E-state index in [1.54, 1.807) is 20.8 Å². The summed E-state index contributed by atoms with van der Waals surface area (Å²) in [7, 11) is 1.24. The fraction of sp³-hybridized carbons (Fsp3) is 0.630. The lowest BCUT2D eigenvalue weighted by atomic mass is 9.93. The number of esters is 1. The Labute approximate surface area is 215 Å². The molecule has 1 rings (SSSR count). The number of hydrogen-bond donors (Lipinski definition) is 2. The highest BCUT2D eigenvalue weighted by Crippen LogP contribution is 2.28. The van der Waals surface area contributed by atoms with Gasteiger partial charge in [-0.05, 0) is 58.1 Å². The first-order chi connectivity index (χ1) is 16.7. The molecule has 0 aliphatic rings. The fourth-order valence-corrected chi connectivity index (χ4v) is 3.74. The van der Waals surface area contributed by atoms with Gasteiger partial charge in [0.05, 0.1) is 7.11 Å². The van der Waals surface area contributed by atoms with Crippen molar-refractivity contribution in [2.45, 2.75) is 85.9 Å².